The van der Waals surface area contributed by atoms with Crippen molar-refractivity contribution in [3.63, 3.8) is 0 Å². The van der Waals surface area contributed by atoms with E-state index in [1.54, 1.807) is 13.8 Å². The maximum Gasteiger partial charge on any atom is 0.342 e. The molecule has 2 heterocycles. The number of nitrogens with zero attached hydrogens (tertiary/aromatic N) is 1. The van der Waals surface area contributed by atoms with Gasteiger partial charge in [0, 0.05) is 11.7 Å². The third-order valence-electron chi connectivity index (χ3n) is 3.49. The topological polar surface area (TPSA) is 124 Å². The highest BCUT2D eigenvalue weighted by Crippen LogP contribution is 2.54. The number of amides is 2. The molecule has 2 rings (SSSR count). The largest absolute Gasteiger partial charge is 0.480 e. The summed E-state index contributed by atoms with van der Waals surface area (Å²) in [6.45, 7) is 4.37. The molecule has 2 fully saturated rings. The Balaban J connectivity index is 2.45. The fourth-order valence-electron chi connectivity index (χ4n) is 2.70. The standard InChI is InChI=1S/C11H14N2O6S/c1-4(14)12-11(9(18)19)7(17)13-5(6(15)16)10(2,3)20-8(11)13/h5,8H,1-3H3,(H,12,14)(H,15,16)(H,18,19)/t5-,8+,11?/m0/s1. The van der Waals surface area contributed by atoms with E-state index in [-0.39, 0.29) is 0 Å². The first-order chi connectivity index (χ1) is 9.05. The Kier molecular flexibility index (Phi) is 3.01. The van der Waals surface area contributed by atoms with Crippen molar-refractivity contribution in [2.24, 2.45) is 0 Å². The number of carbonyl (C=O) groups is 4. The Hall–Kier alpha value is -1.77. The Labute approximate surface area is 118 Å². The van der Waals surface area contributed by atoms with Crippen molar-refractivity contribution in [1.82, 2.24) is 10.2 Å². The van der Waals surface area contributed by atoms with E-state index in [0.717, 1.165) is 23.6 Å². The summed E-state index contributed by atoms with van der Waals surface area (Å²) in [5, 5.41) is 19.8. The van der Waals surface area contributed by atoms with E-state index in [9.17, 15) is 29.4 Å². The molecule has 0 spiro atoms. The first kappa shape index (κ1) is 14.6. The van der Waals surface area contributed by atoms with Crippen molar-refractivity contribution < 1.29 is 29.4 Å². The molecular weight excluding hydrogens is 288 g/mol. The second-order valence-electron chi connectivity index (χ2n) is 5.32. The van der Waals surface area contributed by atoms with Gasteiger partial charge in [0.05, 0.1) is 0 Å². The Bertz CT molecular complexity index is 533. The van der Waals surface area contributed by atoms with Gasteiger partial charge in [-0.3, -0.25) is 9.59 Å². The van der Waals surface area contributed by atoms with Crippen molar-refractivity contribution >= 4 is 35.5 Å². The minimum absolute atomic E-state index is 0.655. The number of rotatable bonds is 3. The second kappa shape index (κ2) is 4.11. The normalized spacial score (nSPS) is 34.1. The maximum atomic E-state index is 12.2. The van der Waals surface area contributed by atoms with Crippen LogP contribution in [-0.4, -0.2) is 60.6 Å². The van der Waals surface area contributed by atoms with Crippen LogP contribution in [0.4, 0.5) is 0 Å². The lowest BCUT2D eigenvalue weighted by molar-refractivity contribution is -0.178. The van der Waals surface area contributed by atoms with Gasteiger partial charge in [-0.2, -0.15) is 0 Å². The number of carbonyl (C=O) groups excluding carboxylic acids is 2. The fraction of sp³-hybridized carbons (Fsp3) is 0.636. The van der Waals surface area contributed by atoms with Crippen molar-refractivity contribution in [3.8, 4) is 0 Å². The molecule has 8 nitrogen and oxygen atoms in total. The van der Waals surface area contributed by atoms with Crippen LogP contribution in [0.5, 0.6) is 0 Å². The number of carboxylic acids is 2. The molecule has 20 heavy (non-hydrogen) atoms. The summed E-state index contributed by atoms with van der Waals surface area (Å²) in [6, 6.07) is -1.12. The molecule has 0 aliphatic carbocycles. The summed E-state index contributed by atoms with van der Waals surface area (Å²) in [6.07, 6.45) is 0. The summed E-state index contributed by atoms with van der Waals surface area (Å²) < 4.78 is -0.845. The number of hydrogen-bond donors (Lipinski definition) is 3. The monoisotopic (exact) mass is 302 g/mol. The number of aliphatic carboxylic acids is 2. The van der Waals surface area contributed by atoms with Crippen LogP contribution >= 0.6 is 11.8 Å². The average molecular weight is 302 g/mol. The number of hydrogen-bond acceptors (Lipinski definition) is 5. The van der Waals surface area contributed by atoms with Gasteiger partial charge in [0.2, 0.25) is 11.4 Å². The first-order valence-electron chi connectivity index (χ1n) is 5.81. The zero-order valence-corrected chi connectivity index (χ0v) is 11.9. The maximum absolute atomic E-state index is 12.2. The first-order valence-corrected chi connectivity index (χ1v) is 6.69. The van der Waals surface area contributed by atoms with Gasteiger partial charge in [-0.25, -0.2) is 9.59 Å². The zero-order chi connectivity index (χ0) is 15.5. The number of fused-ring (bicyclic) bond motifs is 1. The van der Waals surface area contributed by atoms with Crippen LogP contribution in [0.2, 0.25) is 0 Å². The molecular formula is C11H14N2O6S. The highest BCUT2D eigenvalue weighted by atomic mass is 32.2. The summed E-state index contributed by atoms with van der Waals surface area (Å²) >= 11 is 1.06. The Morgan fingerprint density at radius 3 is 2.25 bits per heavy atom. The van der Waals surface area contributed by atoms with E-state index in [2.05, 4.69) is 5.32 Å². The van der Waals surface area contributed by atoms with Gasteiger partial charge in [0.15, 0.2) is 0 Å². The number of thioether (sulfide) groups is 1. The zero-order valence-electron chi connectivity index (χ0n) is 11.0. The van der Waals surface area contributed by atoms with Crippen LogP contribution in [0, 0.1) is 0 Å². The molecule has 0 aromatic carbocycles. The van der Waals surface area contributed by atoms with Crippen molar-refractivity contribution in [1.29, 1.82) is 0 Å². The van der Waals surface area contributed by atoms with Crippen molar-refractivity contribution in [2.75, 3.05) is 0 Å². The van der Waals surface area contributed by atoms with E-state index >= 15 is 0 Å². The van der Waals surface area contributed by atoms with E-state index < -0.39 is 45.5 Å². The van der Waals surface area contributed by atoms with Crippen LogP contribution in [-0.2, 0) is 19.2 Å². The molecule has 0 bridgehead atoms. The predicted octanol–water partition coefficient (Wildman–Crippen LogP) is -0.907. The molecule has 1 unspecified atom stereocenters. The van der Waals surface area contributed by atoms with Crippen LogP contribution in [0.1, 0.15) is 20.8 Å². The molecule has 9 heteroatoms. The van der Waals surface area contributed by atoms with Crippen molar-refractivity contribution in [2.45, 2.75) is 42.5 Å². The minimum Gasteiger partial charge on any atom is -0.480 e. The Morgan fingerprint density at radius 1 is 1.30 bits per heavy atom. The minimum atomic E-state index is -2.07. The van der Waals surface area contributed by atoms with Crippen LogP contribution in [0.3, 0.4) is 0 Å². The van der Waals surface area contributed by atoms with E-state index in [1.165, 1.54) is 0 Å². The quantitative estimate of drug-likeness (QED) is 0.455. The molecule has 2 saturated heterocycles. The third-order valence-corrected chi connectivity index (χ3v) is 5.13. The van der Waals surface area contributed by atoms with Gasteiger partial charge in [0.25, 0.3) is 5.91 Å². The lowest BCUT2D eigenvalue weighted by atomic mass is 9.84. The summed E-state index contributed by atoms with van der Waals surface area (Å²) in [7, 11) is 0. The van der Waals surface area contributed by atoms with Crippen LogP contribution in [0.15, 0.2) is 0 Å². The molecule has 110 valence electrons. The summed E-state index contributed by atoms with van der Waals surface area (Å²) in [5.74, 6) is -4.22. The van der Waals surface area contributed by atoms with Gasteiger partial charge in [-0.1, -0.05) is 0 Å². The molecule has 0 aromatic rings. The molecule has 3 atom stereocenters. The van der Waals surface area contributed by atoms with Gasteiger partial charge < -0.3 is 20.4 Å². The SMILES string of the molecule is CC(=O)NC1(C(=O)O)C(=O)N2[C@@H](C(=O)O)C(C)(C)S[C@@H]21. The lowest BCUT2D eigenvalue weighted by Gasteiger charge is -2.49. The van der Waals surface area contributed by atoms with E-state index in [0.29, 0.717) is 0 Å². The highest BCUT2D eigenvalue weighted by Gasteiger charge is 2.75. The summed E-state index contributed by atoms with van der Waals surface area (Å²) in [5.41, 5.74) is -2.07. The van der Waals surface area contributed by atoms with Crippen LogP contribution in [0.25, 0.3) is 0 Å². The van der Waals surface area contributed by atoms with E-state index in [1.807, 2.05) is 0 Å². The molecule has 0 aromatic heterocycles. The van der Waals surface area contributed by atoms with Gasteiger partial charge in [0.1, 0.15) is 11.4 Å². The second-order valence-corrected chi connectivity index (χ2v) is 7.06. The number of nitrogens with one attached hydrogen (secondary N) is 1. The molecule has 0 radical (unpaired) electrons. The number of β-lactam (4-membered cyclic amide) rings is 1. The molecule has 2 amide bonds. The van der Waals surface area contributed by atoms with Gasteiger partial charge >= 0.3 is 11.9 Å². The van der Waals surface area contributed by atoms with E-state index in [4.69, 9.17) is 0 Å². The lowest BCUT2D eigenvalue weighted by Crippen LogP contribution is -2.82. The molecule has 2 aliphatic rings. The molecule has 2 aliphatic heterocycles. The molecule has 3 N–H and O–H groups in total. The van der Waals surface area contributed by atoms with Gasteiger partial charge in [-0.05, 0) is 13.8 Å². The average Bonchev–Trinajstić information content (AvgIpc) is 2.54. The third kappa shape index (κ3) is 1.62. The Morgan fingerprint density at radius 2 is 1.85 bits per heavy atom. The van der Waals surface area contributed by atoms with Crippen molar-refractivity contribution in [3.05, 3.63) is 0 Å². The number of carboxylic acid groups (broad SMARTS) is 2. The molecule has 0 saturated carbocycles. The van der Waals surface area contributed by atoms with Gasteiger partial charge in [-0.15, -0.1) is 11.8 Å². The summed E-state index contributed by atoms with van der Waals surface area (Å²) in [4.78, 5) is 47.2. The highest BCUT2D eigenvalue weighted by molar-refractivity contribution is 8.01. The smallest absolute Gasteiger partial charge is 0.342 e. The van der Waals surface area contributed by atoms with Crippen LogP contribution < -0.4 is 5.32 Å². The fourth-order valence-corrected chi connectivity index (χ4v) is 4.39. The predicted molar refractivity (Wildman–Crippen MR) is 67.9 cm³/mol.